The summed E-state index contributed by atoms with van der Waals surface area (Å²) in [6.07, 6.45) is 0. The lowest BCUT2D eigenvalue weighted by molar-refractivity contribution is 0.258. The zero-order valence-corrected chi connectivity index (χ0v) is 10.7. The smallest absolute Gasteiger partial charge is 0.134 e. The third-order valence-corrected chi connectivity index (χ3v) is 3.14. The van der Waals surface area contributed by atoms with Crippen LogP contribution in [0.5, 0.6) is 0 Å². The summed E-state index contributed by atoms with van der Waals surface area (Å²) in [6, 6.07) is 2.25. The molecule has 0 aliphatic heterocycles. The molecular formula is C10H17N5S. The van der Waals surface area contributed by atoms with Crippen molar-refractivity contribution < 1.29 is 0 Å². The van der Waals surface area contributed by atoms with E-state index in [0.29, 0.717) is 0 Å². The Balaban J connectivity index is 2.60. The van der Waals surface area contributed by atoms with Crippen LogP contribution in [0.1, 0.15) is 19.5 Å². The minimum absolute atomic E-state index is 0.0459. The molecule has 1 aromatic heterocycles. The van der Waals surface area contributed by atoms with E-state index in [1.165, 1.54) is 11.5 Å². The van der Waals surface area contributed by atoms with Gasteiger partial charge in [-0.05, 0) is 13.5 Å². The Morgan fingerprint density at radius 3 is 2.94 bits per heavy atom. The van der Waals surface area contributed by atoms with Crippen molar-refractivity contribution in [2.75, 3.05) is 25.5 Å². The van der Waals surface area contributed by atoms with Crippen LogP contribution in [0, 0.1) is 17.2 Å². The van der Waals surface area contributed by atoms with Gasteiger partial charge in [-0.2, -0.15) is 5.26 Å². The number of hydrogen-bond acceptors (Lipinski definition) is 6. The summed E-state index contributed by atoms with van der Waals surface area (Å²) < 4.78 is 3.92. The van der Waals surface area contributed by atoms with Crippen LogP contribution in [0.25, 0.3) is 0 Å². The molecule has 6 heteroatoms. The van der Waals surface area contributed by atoms with Crippen LogP contribution >= 0.6 is 11.5 Å². The van der Waals surface area contributed by atoms with E-state index in [4.69, 9.17) is 5.26 Å². The lowest BCUT2D eigenvalue weighted by Crippen LogP contribution is -2.28. The number of rotatable bonds is 6. The summed E-state index contributed by atoms with van der Waals surface area (Å²) in [7, 11) is 1.87. The highest BCUT2D eigenvalue weighted by atomic mass is 32.1. The fourth-order valence-electron chi connectivity index (χ4n) is 1.45. The second kappa shape index (κ2) is 6.40. The van der Waals surface area contributed by atoms with Crippen molar-refractivity contribution in [2.45, 2.75) is 20.4 Å². The maximum atomic E-state index is 8.79. The largest absolute Gasteiger partial charge is 0.377 e. The Morgan fingerprint density at radius 2 is 2.38 bits per heavy atom. The quantitative estimate of drug-likeness (QED) is 0.816. The normalized spacial score (nSPS) is 12.4. The molecule has 0 amide bonds. The van der Waals surface area contributed by atoms with E-state index in [1.54, 1.807) is 0 Å². The van der Waals surface area contributed by atoms with Crippen molar-refractivity contribution in [2.24, 2.45) is 5.92 Å². The SMILES string of the molecule is CCN(Cc1nnsc1NC)CC(C)C#N. The van der Waals surface area contributed by atoms with Gasteiger partial charge >= 0.3 is 0 Å². The molecule has 1 aromatic rings. The summed E-state index contributed by atoms with van der Waals surface area (Å²) >= 11 is 1.36. The van der Waals surface area contributed by atoms with Crippen molar-refractivity contribution in [1.82, 2.24) is 14.5 Å². The number of hydrogen-bond donors (Lipinski definition) is 1. The van der Waals surface area contributed by atoms with Crippen LogP contribution in [0.4, 0.5) is 5.00 Å². The topological polar surface area (TPSA) is 64.8 Å². The summed E-state index contributed by atoms with van der Waals surface area (Å²) in [4.78, 5) is 2.20. The molecule has 5 nitrogen and oxygen atoms in total. The van der Waals surface area contributed by atoms with Crippen LogP contribution in [0.3, 0.4) is 0 Å². The molecule has 0 fully saturated rings. The molecular weight excluding hydrogens is 222 g/mol. The maximum absolute atomic E-state index is 8.79. The number of anilines is 1. The van der Waals surface area contributed by atoms with Gasteiger partial charge in [0, 0.05) is 31.7 Å². The van der Waals surface area contributed by atoms with Gasteiger partial charge in [0.25, 0.3) is 0 Å². The number of nitriles is 1. The predicted molar refractivity (Wildman–Crippen MR) is 65.2 cm³/mol. The summed E-state index contributed by atoms with van der Waals surface area (Å²) in [5.41, 5.74) is 0.958. The zero-order chi connectivity index (χ0) is 12.0. The van der Waals surface area contributed by atoms with Gasteiger partial charge in [-0.25, -0.2) is 0 Å². The van der Waals surface area contributed by atoms with E-state index in [1.807, 2.05) is 14.0 Å². The van der Waals surface area contributed by atoms with Gasteiger partial charge in [-0.15, -0.1) is 5.10 Å². The molecule has 1 rings (SSSR count). The molecule has 0 spiro atoms. The Bertz CT molecular complexity index is 356. The number of nitrogens with zero attached hydrogens (tertiary/aromatic N) is 4. The first-order valence-corrected chi connectivity index (χ1v) is 6.09. The highest BCUT2D eigenvalue weighted by Gasteiger charge is 2.13. The van der Waals surface area contributed by atoms with Gasteiger partial charge in [0.15, 0.2) is 0 Å². The molecule has 0 bridgehead atoms. The lowest BCUT2D eigenvalue weighted by Gasteiger charge is -2.20. The molecule has 0 aliphatic rings. The standard InChI is InChI=1S/C10H17N5S/c1-4-15(6-8(2)5-11)7-9-10(12-3)16-14-13-9/h8,12H,4,6-7H2,1-3H3. The first-order chi connectivity index (χ1) is 7.71. The monoisotopic (exact) mass is 239 g/mol. The number of aromatic nitrogens is 2. The molecule has 0 aliphatic carbocycles. The van der Waals surface area contributed by atoms with E-state index >= 15 is 0 Å². The molecule has 16 heavy (non-hydrogen) atoms. The van der Waals surface area contributed by atoms with Crippen molar-refractivity contribution >= 4 is 16.5 Å². The van der Waals surface area contributed by atoms with Crippen molar-refractivity contribution in [3.63, 3.8) is 0 Å². The van der Waals surface area contributed by atoms with Gasteiger partial charge in [-0.1, -0.05) is 11.4 Å². The van der Waals surface area contributed by atoms with Gasteiger partial charge in [0.1, 0.15) is 10.7 Å². The molecule has 0 radical (unpaired) electrons. The van der Waals surface area contributed by atoms with E-state index in [-0.39, 0.29) is 5.92 Å². The van der Waals surface area contributed by atoms with Gasteiger partial charge in [0.2, 0.25) is 0 Å². The average molecular weight is 239 g/mol. The molecule has 1 heterocycles. The fraction of sp³-hybridized carbons (Fsp3) is 0.700. The average Bonchev–Trinajstić information content (AvgIpc) is 2.75. The van der Waals surface area contributed by atoms with Crippen molar-refractivity contribution in [1.29, 1.82) is 5.26 Å². The van der Waals surface area contributed by atoms with Crippen LogP contribution in [-0.4, -0.2) is 34.6 Å². The predicted octanol–water partition coefficient (Wildman–Crippen LogP) is 1.56. The van der Waals surface area contributed by atoms with Crippen molar-refractivity contribution in [3.8, 4) is 6.07 Å². The van der Waals surface area contributed by atoms with Crippen molar-refractivity contribution in [3.05, 3.63) is 5.69 Å². The van der Waals surface area contributed by atoms with Crippen LogP contribution in [0.2, 0.25) is 0 Å². The van der Waals surface area contributed by atoms with Crippen LogP contribution < -0.4 is 5.32 Å². The molecule has 1 N–H and O–H groups in total. The molecule has 0 saturated carbocycles. The van der Waals surface area contributed by atoms with E-state index in [9.17, 15) is 0 Å². The molecule has 1 unspecified atom stereocenters. The summed E-state index contributed by atoms with van der Waals surface area (Å²) in [5.74, 6) is 0.0459. The minimum Gasteiger partial charge on any atom is -0.377 e. The molecule has 88 valence electrons. The maximum Gasteiger partial charge on any atom is 0.134 e. The lowest BCUT2D eigenvalue weighted by atomic mass is 10.2. The van der Waals surface area contributed by atoms with E-state index in [2.05, 4.69) is 32.8 Å². The van der Waals surface area contributed by atoms with E-state index < -0.39 is 0 Å². The number of nitrogens with one attached hydrogen (secondary N) is 1. The zero-order valence-electron chi connectivity index (χ0n) is 9.90. The Kier molecular flexibility index (Phi) is 5.15. The van der Waals surface area contributed by atoms with Crippen LogP contribution in [-0.2, 0) is 6.54 Å². The highest BCUT2D eigenvalue weighted by molar-refractivity contribution is 7.10. The van der Waals surface area contributed by atoms with Gasteiger partial charge < -0.3 is 5.32 Å². The second-order valence-corrected chi connectivity index (χ2v) is 4.41. The molecule has 0 aromatic carbocycles. The van der Waals surface area contributed by atoms with E-state index in [0.717, 1.165) is 30.3 Å². The third-order valence-electron chi connectivity index (χ3n) is 2.36. The third kappa shape index (κ3) is 3.43. The summed E-state index contributed by atoms with van der Waals surface area (Å²) in [5, 5.41) is 17.0. The minimum atomic E-state index is 0.0459. The highest BCUT2D eigenvalue weighted by Crippen LogP contribution is 2.18. The second-order valence-electron chi connectivity index (χ2n) is 3.66. The molecule has 1 atom stereocenters. The van der Waals surface area contributed by atoms with Gasteiger partial charge in [-0.3, -0.25) is 4.90 Å². The fourth-order valence-corrected chi connectivity index (χ4v) is 1.97. The first kappa shape index (κ1) is 12.9. The molecule has 0 saturated heterocycles. The first-order valence-electron chi connectivity index (χ1n) is 5.32. The van der Waals surface area contributed by atoms with Crippen LogP contribution in [0.15, 0.2) is 0 Å². The Hall–Kier alpha value is -1.19. The van der Waals surface area contributed by atoms with Gasteiger partial charge in [0.05, 0.1) is 12.0 Å². The Labute approximate surface area is 100 Å². The summed E-state index contributed by atoms with van der Waals surface area (Å²) in [6.45, 7) is 6.44. The Morgan fingerprint density at radius 1 is 1.62 bits per heavy atom.